The number of amides is 1. The van der Waals surface area contributed by atoms with Crippen LogP contribution in [0.25, 0.3) is 0 Å². The number of piperazine rings is 1. The second kappa shape index (κ2) is 10.8. The zero-order valence-electron chi connectivity index (χ0n) is 19.8. The maximum absolute atomic E-state index is 13.1. The summed E-state index contributed by atoms with van der Waals surface area (Å²) in [5.41, 5.74) is 1.70. The summed E-state index contributed by atoms with van der Waals surface area (Å²) in [5.74, 6) is 1.45. The molecular formula is C25H29N5O4S. The molecule has 1 aromatic heterocycles. The van der Waals surface area contributed by atoms with E-state index in [9.17, 15) is 13.2 Å². The molecule has 1 saturated heterocycles. The van der Waals surface area contributed by atoms with Gasteiger partial charge in [0.15, 0.2) is 6.61 Å². The first kappa shape index (κ1) is 24.6. The molecule has 0 radical (unpaired) electrons. The Balaban J connectivity index is 1.29. The van der Waals surface area contributed by atoms with Crippen molar-refractivity contribution in [1.82, 2.24) is 14.3 Å². The molecule has 4 rings (SSSR count). The summed E-state index contributed by atoms with van der Waals surface area (Å²) in [6.07, 6.45) is 4.90. The average Bonchev–Trinajstić information content (AvgIpc) is 2.88. The van der Waals surface area contributed by atoms with E-state index in [4.69, 9.17) is 4.74 Å². The molecule has 9 nitrogen and oxygen atoms in total. The summed E-state index contributed by atoms with van der Waals surface area (Å²) >= 11 is 0. The zero-order chi connectivity index (χ0) is 24.8. The van der Waals surface area contributed by atoms with Gasteiger partial charge >= 0.3 is 0 Å². The van der Waals surface area contributed by atoms with Crippen molar-refractivity contribution in [2.45, 2.75) is 24.7 Å². The van der Waals surface area contributed by atoms with E-state index >= 15 is 0 Å². The van der Waals surface area contributed by atoms with Gasteiger partial charge in [-0.2, -0.15) is 4.31 Å². The van der Waals surface area contributed by atoms with Crippen molar-refractivity contribution in [1.29, 1.82) is 0 Å². The van der Waals surface area contributed by atoms with Gasteiger partial charge in [-0.3, -0.25) is 9.78 Å². The van der Waals surface area contributed by atoms with Crippen LogP contribution in [0.3, 0.4) is 0 Å². The number of nitrogens with one attached hydrogen (secondary N) is 1. The minimum Gasteiger partial charge on any atom is -0.484 e. The van der Waals surface area contributed by atoms with E-state index in [0.29, 0.717) is 43.5 Å². The fourth-order valence-corrected chi connectivity index (χ4v) is 5.19. The molecular weight excluding hydrogens is 466 g/mol. The third-order valence-electron chi connectivity index (χ3n) is 5.80. The number of ether oxygens (including phenoxy) is 1. The van der Waals surface area contributed by atoms with E-state index in [1.54, 1.807) is 30.7 Å². The van der Waals surface area contributed by atoms with Gasteiger partial charge in [-0.15, -0.1) is 0 Å². The highest BCUT2D eigenvalue weighted by Gasteiger charge is 2.29. The van der Waals surface area contributed by atoms with Crippen LogP contribution >= 0.6 is 0 Å². The van der Waals surface area contributed by atoms with Crippen LogP contribution in [0.5, 0.6) is 5.75 Å². The van der Waals surface area contributed by atoms with Gasteiger partial charge in [0.1, 0.15) is 11.6 Å². The normalized spacial score (nSPS) is 14.7. The largest absolute Gasteiger partial charge is 0.484 e. The Kier molecular flexibility index (Phi) is 7.62. The van der Waals surface area contributed by atoms with E-state index < -0.39 is 10.0 Å². The van der Waals surface area contributed by atoms with Crippen molar-refractivity contribution in [3.8, 4) is 5.75 Å². The number of hydrogen-bond donors (Lipinski definition) is 1. The van der Waals surface area contributed by atoms with Crippen LogP contribution < -0.4 is 15.0 Å². The first-order chi connectivity index (χ1) is 16.8. The lowest BCUT2D eigenvalue weighted by Crippen LogP contribution is -2.48. The van der Waals surface area contributed by atoms with Gasteiger partial charge in [-0.25, -0.2) is 13.4 Å². The SMILES string of the molecule is CC(C)c1ccc(OCC(=O)Nc2ccc(S(=O)(=O)N3CCN(c4cnccn4)CC3)cc2)cc1. The summed E-state index contributed by atoms with van der Waals surface area (Å²) in [4.78, 5) is 22.8. The Bertz CT molecular complexity index is 1230. The van der Waals surface area contributed by atoms with Gasteiger partial charge in [-0.05, 0) is 47.9 Å². The molecule has 0 atom stereocenters. The number of aromatic nitrogens is 2. The molecule has 10 heteroatoms. The summed E-state index contributed by atoms with van der Waals surface area (Å²) < 4.78 is 33.1. The third kappa shape index (κ3) is 6.14. The smallest absolute Gasteiger partial charge is 0.262 e. The number of benzene rings is 2. The van der Waals surface area contributed by atoms with E-state index in [0.717, 1.165) is 5.82 Å². The van der Waals surface area contributed by atoms with E-state index in [1.165, 1.54) is 22.0 Å². The maximum atomic E-state index is 13.1. The molecule has 1 fully saturated rings. The molecule has 3 aromatic rings. The van der Waals surface area contributed by atoms with Crippen LogP contribution in [-0.2, 0) is 14.8 Å². The van der Waals surface area contributed by atoms with Gasteiger partial charge in [0.05, 0.1) is 11.1 Å². The van der Waals surface area contributed by atoms with Crippen LogP contribution in [-0.4, -0.2) is 61.4 Å². The highest BCUT2D eigenvalue weighted by Crippen LogP contribution is 2.22. The zero-order valence-corrected chi connectivity index (χ0v) is 20.6. The monoisotopic (exact) mass is 495 g/mol. The van der Waals surface area contributed by atoms with Gasteiger partial charge in [-0.1, -0.05) is 26.0 Å². The Labute approximate surface area is 205 Å². The molecule has 0 unspecified atom stereocenters. The minimum atomic E-state index is -3.64. The van der Waals surface area contributed by atoms with Gasteiger partial charge in [0.2, 0.25) is 10.0 Å². The van der Waals surface area contributed by atoms with Gasteiger partial charge < -0.3 is 15.0 Å². The number of hydrogen-bond acceptors (Lipinski definition) is 7. The minimum absolute atomic E-state index is 0.142. The topological polar surface area (TPSA) is 105 Å². The molecule has 1 N–H and O–H groups in total. The molecule has 184 valence electrons. The van der Waals surface area contributed by atoms with Crippen LogP contribution in [0.4, 0.5) is 11.5 Å². The molecule has 35 heavy (non-hydrogen) atoms. The summed E-state index contributed by atoms with van der Waals surface area (Å²) in [7, 11) is -3.64. The predicted molar refractivity (Wildman–Crippen MR) is 134 cm³/mol. The molecule has 1 aliphatic heterocycles. The van der Waals surface area contributed by atoms with Crippen molar-refractivity contribution in [3.05, 3.63) is 72.7 Å². The average molecular weight is 496 g/mol. The summed E-state index contributed by atoms with van der Waals surface area (Å²) in [6.45, 7) is 5.86. The van der Waals surface area contributed by atoms with Crippen molar-refractivity contribution in [3.63, 3.8) is 0 Å². The first-order valence-corrected chi connectivity index (χ1v) is 12.9. The van der Waals surface area contributed by atoms with Crippen molar-refractivity contribution in [2.75, 3.05) is 43.0 Å². The summed E-state index contributed by atoms with van der Waals surface area (Å²) in [5, 5.41) is 2.73. The fraction of sp³-hybridized carbons (Fsp3) is 0.320. The van der Waals surface area contributed by atoms with E-state index in [2.05, 4.69) is 29.1 Å². The highest BCUT2D eigenvalue weighted by atomic mass is 32.2. The molecule has 0 aliphatic carbocycles. The first-order valence-electron chi connectivity index (χ1n) is 11.5. The number of nitrogens with zero attached hydrogens (tertiary/aromatic N) is 4. The maximum Gasteiger partial charge on any atom is 0.262 e. The molecule has 0 bridgehead atoms. The lowest BCUT2D eigenvalue weighted by Gasteiger charge is -2.34. The van der Waals surface area contributed by atoms with Crippen LogP contribution in [0, 0.1) is 0 Å². The molecule has 0 saturated carbocycles. The van der Waals surface area contributed by atoms with Crippen LogP contribution in [0.2, 0.25) is 0 Å². The number of carbonyl (C=O) groups is 1. The molecule has 1 aliphatic rings. The van der Waals surface area contributed by atoms with Crippen molar-refractivity contribution < 1.29 is 17.9 Å². The quantitative estimate of drug-likeness (QED) is 0.512. The Morgan fingerprint density at radius 1 is 1.00 bits per heavy atom. The highest BCUT2D eigenvalue weighted by molar-refractivity contribution is 7.89. The number of carbonyl (C=O) groups excluding carboxylic acids is 1. The van der Waals surface area contributed by atoms with Crippen LogP contribution in [0.1, 0.15) is 25.3 Å². The van der Waals surface area contributed by atoms with Crippen molar-refractivity contribution in [2.24, 2.45) is 0 Å². The summed E-state index contributed by atoms with van der Waals surface area (Å²) in [6, 6.07) is 13.8. The Hall–Kier alpha value is -3.50. The van der Waals surface area contributed by atoms with Gasteiger partial charge in [0.25, 0.3) is 5.91 Å². The molecule has 2 heterocycles. The molecule has 1 amide bonds. The second-order valence-corrected chi connectivity index (χ2v) is 10.5. The third-order valence-corrected chi connectivity index (χ3v) is 7.72. The lowest BCUT2D eigenvalue weighted by molar-refractivity contribution is -0.118. The number of rotatable bonds is 8. The molecule has 2 aromatic carbocycles. The van der Waals surface area contributed by atoms with Crippen molar-refractivity contribution >= 4 is 27.4 Å². The Morgan fingerprint density at radius 3 is 2.29 bits per heavy atom. The van der Waals surface area contributed by atoms with Crippen LogP contribution in [0.15, 0.2) is 72.0 Å². The fourth-order valence-electron chi connectivity index (χ4n) is 3.77. The van der Waals surface area contributed by atoms with Gasteiger partial charge in [0, 0.05) is 44.3 Å². The Morgan fingerprint density at radius 2 is 1.69 bits per heavy atom. The number of sulfonamides is 1. The lowest BCUT2D eigenvalue weighted by atomic mass is 10.0. The number of anilines is 2. The second-order valence-electron chi connectivity index (χ2n) is 8.54. The molecule has 0 spiro atoms. The predicted octanol–water partition coefficient (Wildman–Crippen LogP) is 3.13. The van der Waals surface area contributed by atoms with E-state index in [-0.39, 0.29) is 17.4 Å². The standard InChI is InChI=1S/C25H29N5O4S/c1-19(2)20-3-7-22(8-4-20)34-18-25(31)28-21-5-9-23(10-6-21)35(32,33)30-15-13-29(14-16-30)24-17-26-11-12-27-24/h3-12,17,19H,13-16,18H2,1-2H3,(H,28,31). The van der Waals surface area contributed by atoms with E-state index in [1.807, 2.05) is 29.2 Å².